The largest absolute Gasteiger partial charge is 0.490 e. The number of halogens is 1. The zero-order valence-corrected chi connectivity index (χ0v) is 21.2. The highest BCUT2D eigenvalue weighted by Gasteiger charge is 2.36. The summed E-state index contributed by atoms with van der Waals surface area (Å²) < 4.78 is 12.0. The molecule has 0 bridgehead atoms. The molecule has 174 valence electrons. The molecule has 1 N–H and O–H groups in total. The summed E-state index contributed by atoms with van der Waals surface area (Å²) in [6.07, 6.45) is 1.65. The average molecular weight is 533 g/mol. The molecule has 2 aromatic carbocycles. The van der Waals surface area contributed by atoms with Crippen LogP contribution in [-0.2, 0) is 9.59 Å². The van der Waals surface area contributed by atoms with Crippen LogP contribution in [0.3, 0.4) is 0 Å². The lowest BCUT2D eigenvalue weighted by atomic mass is 10.1. The molecule has 1 aliphatic rings. The summed E-state index contributed by atoms with van der Waals surface area (Å²) in [5.41, 5.74) is 2.44. The number of ether oxygens (including phenoxy) is 2. The number of benzene rings is 2. The number of rotatable bonds is 8. The molecule has 1 fully saturated rings. The van der Waals surface area contributed by atoms with E-state index in [0.717, 1.165) is 17.3 Å². The van der Waals surface area contributed by atoms with Gasteiger partial charge >= 0.3 is 0 Å². The van der Waals surface area contributed by atoms with E-state index in [1.165, 1.54) is 4.90 Å². The van der Waals surface area contributed by atoms with Gasteiger partial charge in [-0.1, -0.05) is 33.6 Å². The van der Waals surface area contributed by atoms with Crippen LogP contribution in [-0.4, -0.2) is 41.2 Å². The smallest absolute Gasteiger partial charge is 0.293 e. The fraction of sp³-hybridized carbons (Fsp3) is 0.292. The molecule has 0 spiro atoms. The third-order valence-corrected chi connectivity index (χ3v) is 6.25. The first-order valence-corrected chi connectivity index (χ1v) is 12.0. The van der Waals surface area contributed by atoms with Crippen molar-refractivity contribution >= 4 is 56.5 Å². The molecule has 9 heteroatoms. The topological polar surface area (TPSA) is 84.9 Å². The van der Waals surface area contributed by atoms with Gasteiger partial charge in [-0.15, -0.1) is 0 Å². The van der Waals surface area contributed by atoms with E-state index in [-0.39, 0.29) is 29.7 Å². The number of carbonyl (C=O) groups is 3. The van der Waals surface area contributed by atoms with Crippen LogP contribution < -0.4 is 14.8 Å². The summed E-state index contributed by atoms with van der Waals surface area (Å²) in [5.74, 6) is 0.190. The molecule has 0 aromatic heterocycles. The van der Waals surface area contributed by atoms with Gasteiger partial charge in [0.05, 0.1) is 11.5 Å². The second kappa shape index (κ2) is 10.9. The van der Waals surface area contributed by atoms with E-state index < -0.39 is 0 Å². The quantitative estimate of drug-likeness (QED) is 0.444. The molecular formula is C24H25BrN2O5S. The highest BCUT2D eigenvalue weighted by atomic mass is 79.9. The molecule has 33 heavy (non-hydrogen) atoms. The van der Waals surface area contributed by atoms with Gasteiger partial charge in [0.1, 0.15) is 0 Å². The Bertz CT molecular complexity index is 1100. The first kappa shape index (κ1) is 24.9. The monoisotopic (exact) mass is 532 g/mol. The number of amides is 3. The Labute approximate surface area is 205 Å². The lowest BCUT2D eigenvalue weighted by Gasteiger charge is -2.16. The van der Waals surface area contributed by atoms with Gasteiger partial charge in [0.25, 0.3) is 17.1 Å². The van der Waals surface area contributed by atoms with Crippen molar-refractivity contribution in [1.29, 1.82) is 0 Å². The van der Waals surface area contributed by atoms with Gasteiger partial charge in [-0.2, -0.15) is 0 Å². The molecule has 2 aromatic rings. The van der Waals surface area contributed by atoms with Crippen molar-refractivity contribution in [3.63, 3.8) is 0 Å². The highest BCUT2D eigenvalue weighted by Crippen LogP contribution is 2.38. The van der Waals surface area contributed by atoms with Crippen molar-refractivity contribution in [3.8, 4) is 11.5 Å². The van der Waals surface area contributed by atoms with E-state index in [2.05, 4.69) is 21.2 Å². The summed E-state index contributed by atoms with van der Waals surface area (Å²) in [4.78, 5) is 38.6. The molecular weight excluding hydrogens is 508 g/mol. The fourth-order valence-electron chi connectivity index (χ4n) is 3.09. The molecule has 3 rings (SSSR count). The van der Waals surface area contributed by atoms with E-state index in [0.29, 0.717) is 38.7 Å². The normalized spacial score (nSPS) is 14.8. The average Bonchev–Trinajstić information content (AvgIpc) is 3.04. The van der Waals surface area contributed by atoms with Gasteiger partial charge in [-0.25, -0.2) is 0 Å². The van der Waals surface area contributed by atoms with Crippen LogP contribution in [0.25, 0.3) is 6.08 Å². The predicted molar refractivity (Wildman–Crippen MR) is 134 cm³/mol. The van der Waals surface area contributed by atoms with E-state index in [1.807, 2.05) is 38.1 Å². The Morgan fingerprint density at radius 2 is 1.82 bits per heavy atom. The molecule has 0 aliphatic carbocycles. The lowest BCUT2D eigenvalue weighted by molar-refractivity contribution is -0.123. The summed E-state index contributed by atoms with van der Waals surface area (Å²) in [6.45, 7) is 7.58. The SMILES string of the molecule is CCOc1cc(/C=C2/SC(=O)N(C(C)C)C2=O)c(Br)cc1OCC(=O)Nc1ccc(C)cc1. The van der Waals surface area contributed by atoms with Crippen molar-refractivity contribution < 1.29 is 23.9 Å². The maximum Gasteiger partial charge on any atom is 0.293 e. The Balaban J connectivity index is 1.77. The molecule has 0 radical (unpaired) electrons. The number of nitrogens with one attached hydrogen (secondary N) is 1. The van der Waals surface area contributed by atoms with Crippen LogP contribution >= 0.6 is 27.7 Å². The van der Waals surface area contributed by atoms with Crippen LogP contribution in [0.15, 0.2) is 45.8 Å². The fourth-order valence-corrected chi connectivity index (χ4v) is 4.47. The standard InChI is InChI=1S/C24H25BrN2O5S/c1-5-31-19-10-16(11-21-23(29)27(14(2)3)24(30)33-21)18(25)12-20(19)32-13-22(28)26-17-8-6-15(4)7-9-17/h6-12,14H,5,13H2,1-4H3,(H,26,28)/b21-11+. The zero-order valence-electron chi connectivity index (χ0n) is 18.8. The van der Waals surface area contributed by atoms with Crippen LogP contribution in [0, 0.1) is 6.92 Å². The predicted octanol–water partition coefficient (Wildman–Crippen LogP) is 5.62. The van der Waals surface area contributed by atoms with Crippen LogP contribution in [0.1, 0.15) is 31.9 Å². The number of hydrogen-bond donors (Lipinski definition) is 1. The second-order valence-corrected chi connectivity index (χ2v) is 9.45. The summed E-state index contributed by atoms with van der Waals surface area (Å²) in [7, 11) is 0. The maximum absolute atomic E-state index is 12.6. The summed E-state index contributed by atoms with van der Waals surface area (Å²) >= 11 is 4.39. The summed E-state index contributed by atoms with van der Waals surface area (Å²) in [6, 6.07) is 10.7. The molecule has 1 aliphatic heterocycles. The summed E-state index contributed by atoms with van der Waals surface area (Å²) in [5, 5.41) is 2.49. The van der Waals surface area contributed by atoms with Crippen molar-refractivity contribution in [2.45, 2.75) is 33.7 Å². The Morgan fingerprint density at radius 3 is 2.42 bits per heavy atom. The molecule has 0 unspecified atom stereocenters. The molecule has 3 amide bonds. The Morgan fingerprint density at radius 1 is 1.15 bits per heavy atom. The number of carbonyl (C=O) groups excluding carboxylic acids is 3. The van der Waals surface area contributed by atoms with Gasteiger partial charge in [0.2, 0.25) is 0 Å². The third kappa shape index (κ3) is 6.17. The van der Waals surface area contributed by atoms with Crippen molar-refractivity contribution in [3.05, 3.63) is 56.9 Å². The van der Waals surface area contributed by atoms with E-state index in [9.17, 15) is 14.4 Å². The molecule has 0 atom stereocenters. The molecule has 0 saturated carbocycles. The van der Waals surface area contributed by atoms with Crippen molar-refractivity contribution in [2.24, 2.45) is 0 Å². The molecule has 1 heterocycles. The maximum atomic E-state index is 12.6. The van der Waals surface area contributed by atoms with Crippen molar-refractivity contribution in [2.75, 3.05) is 18.5 Å². The zero-order chi connectivity index (χ0) is 24.1. The molecule has 1 saturated heterocycles. The number of imide groups is 1. The van der Waals surface area contributed by atoms with E-state index in [1.54, 1.807) is 32.1 Å². The van der Waals surface area contributed by atoms with Crippen LogP contribution in [0.5, 0.6) is 11.5 Å². The van der Waals surface area contributed by atoms with Gasteiger partial charge in [-0.05, 0) is 75.4 Å². The highest BCUT2D eigenvalue weighted by molar-refractivity contribution is 9.10. The van der Waals surface area contributed by atoms with Crippen LogP contribution in [0.4, 0.5) is 10.5 Å². The second-order valence-electron chi connectivity index (χ2n) is 7.60. The lowest BCUT2D eigenvalue weighted by Crippen LogP contribution is -2.34. The number of aryl methyl sites for hydroxylation is 1. The number of anilines is 1. The first-order valence-electron chi connectivity index (χ1n) is 10.4. The minimum atomic E-state index is -0.321. The van der Waals surface area contributed by atoms with E-state index >= 15 is 0 Å². The number of nitrogens with zero attached hydrogens (tertiary/aromatic N) is 1. The third-order valence-electron chi connectivity index (χ3n) is 4.68. The minimum Gasteiger partial charge on any atom is -0.490 e. The van der Waals surface area contributed by atoms with Gasteiger partial charge in [0.15, 0.2) is 18.1 Å². The number of hydrogen-bond acceptors (Lipinski definition) is 6. The number of thioether (sulfide) groups is 1. The van der Waals surface area contributed by atoms with Gasteiger partial charge < -0.3 is 14.8 Å². The van der Waals surface area contributed by atoms with Crippen LogP contribution in [0.2, 0.25) is 0 Å². The van der Waals surface area contributed by atoms with Gasteiger partial charge in [0, 0.05) is 16.2 Å². The van der Waals surface area contributed by atoms with E-state index in [4.69, 9.17) is 9.47 Å². The first-order chi connectivity index (χ1) is 15.7. The van der Waals surface area contributed by atoms with Gasteiger partial charge in [-0.3, -0.25) is 19.3 Å². The minimum absolute atomic E-state index is 0.201. The Kier molecular flexibility index (Phi) is 8.20. The Hall–Kier alpha value is -2.78. The van der Waals surface area contributed by atoms with Crippen molar-refractivity contribution in [1.82, 2.24) is 4.90 Å². The molecule has 7 nitrogen and oxygen atoms in total.